The number of amides is 2. The summed E-state index contributed by atoms with van der Waals surface area (Å²) in [6, 6.07) is 11.5. The summed E-state index contributed by atoms with van der Waals surface area (Å²) in [4.78, 5) is 29.3. The fraction of sp³-hybridized carbons (Fsp3) is 0.360. The number of rotatable bonds is 6. The van der Waals surface area contributed by atoms with Crippen LogP contribution < -0.4 is 11.1 Å². The molecule has 166 valence electrons. The molecule has 2 aromatic heterocycles. The number of benzene rings is 1. The smallest absolute Gasteiger partial charge is 0.266 e. The highest BCUT2D eigenvalue weighted by atomic mass is 16.2. The lowest BCUT2D eigenvalue weighted by Crippen LogP contribution is -2.29. The van der Waals surface area contributed by atoms with E-state index in [1.165, 1.54) is 11.1 Å². The molecule has 0 aliphatic heterocycles. The average molecular weight is 432 g/mol. The van der Waals surface area contributed by atoms with Crippen LogP contribution in [0.5, 0.6) is 0 Å². The van der Waals surface area contributed by atoms with Gasteiger partial charge >= 0.3 is 0 Å². The second-order valence-electron chi connectivity index (χ2n) is 8.58. The zero-order valence-electron chi connectivity index (χ0n) is 18.5. The van der Waals surface area contributed by atoms with E-state index in [4.69, 9.17) is 5.73 Å². The highest BCUT2D eigenvalue weighted by Crippen LogP contribution is 2.37. The molecule has 3 aromatic rings. The van der Waals surface area contributed by atoms with E-state index in [1.807, 2.05) is 43.5 Å². The lowest BCUT2D eigenvalue weighted by Gasteiger charge is -2.28. The van der Waals surface area contributed by atoms with Crippen LogP contribution in [0.25, 0.3) is 11.1 Å². The Labute approximate surface area is 188 Å². The lowest BCUT2D eigenvalue weighted by atomic mass is 9.78. The summed E-state index contributed by atoms with van der Waals surface area (Å²) in [5.74, 6) is -0.871. The summed E-state index contributed by atoms with van der Waals surface area (Å²) < 4.78 is 1.46. The maximum absolute atomic E-state index is 13.4. The Morgan fingerprint density at radius 3 is 2.47 bits per heavy atom. The number of hydrogen-bond donors (Lipinski definition) is 2. The Hall–Kier alpha value is -3.48. The van der Waals surface area contributed by atoms with Gasteiger partial charge in [-0.05, 0) is 66.6 Å². The van der Waals surface area contributed by atoms with Gasteiger partial charge in [0.05, 0.1) is 11.6 Å². The number of aryl methyl sites for hydroxylation is 2. The summed E-state index contributed by atoms with van der Waals surface area (Å²) in [5.41, 5.74) is 10.4. The van der Waals surface area contributed by atoms with Crippen LogP contribution in [0.2, 0.25) is 0 Å². The molecule has 2 heterocycles. The van der Waals surface area contributed by atoms with Crippen LogP contribution in [0, 0.1) is 12.8 Å². The monoisotopic (exact) mass is 431 g/mol. The zero-order valence-corrected chi connectivity index (χ0v) is 18.5. The molecule has 0 unspecified atom stereocenters. The molecule has 1 aromatic carbocycles. The van der Waals surface area contributed by atoms with Crippen molar-refractivity contribution in [3.8, 4) is 11.1 Å². The molecule has 1 aliphatic rings. The van der Waals surface area contributed by atoms with E-state index in [-0.39, 0.29) is 11.8 Å². The molecule has 4 rings (SSSR count). The van der Waals surface area contributed by atoms with Gasteiger partial charge in [-0.25, -0.2) is 0 Å². The third-order valence-electron chi connectivity index (χ3n) is 6.36. The van der Waals surface area contributed by atoms with E-state index in [2.05, 4.69) is 15.4 Å². The molecule has 0 radical (unpaired) electrons. The van der Waals surface area contributed by atoms with Gasteiger partial charge in [0.2, 0.25) is 5.91 Å². The maximum Gasteiger partial charge on any atom is 0.266 e. The molecule has 1 saturated carbocycles. The molecule has 0 spiro atoms. The van der Waals surface area contributed by atoms with Crippen LogP contribution >= 0.6 is 0 Å². The van der Waals surface area contributed by atoms with Crippen molar-refractivity contribution < 1.29 is 9.59 Å². The molecule has 1 aliphatic carbocycles. The SMILES string of the molecule is Cc1cnccc1-c1ccc(NC(=O)[C@H](c2cc(C(N)=O)n(C)n2)C2CCCCC2)cc1. The largest absolute Gasteiger partial charge is 0.364 e. The number of carbonyl (C=O) groups excluding carboxylic acids is 2. The first-order valence-corrected chi connectivity index (χ1v) is 11.1. The molecule has 7 heteroatoms. The quantitative estimate of drug-likeness (QED) is 0.611. The van der Waals surface area contributed by atoms with Crippen LogP contribution in [0.4, 0.5) is 5.69 Å². The average Bonchev–Trinajstić information content (AvgIpc) is 3.17. The number of nitrogens with one attached hydrogen (secondary N) is 1. The molecule has 2 amide bonds. The first-order chi connectivity index (χ1) is 15.4. The Balaban J connectivity index is 1.58. The Morgan fingerprint density at radius 1 is 1.12 bits per heavy atom. The van der Waals surface area contributed by atoms with Gasteiger partial charge in [0.25, 0.3) is 5.91 Å². The van der Waals surface area contributed by atoms with Crippen molar-refractivity contribution in [1.82, 2.24) is 14.8 Å². The van der Waals surface area contributed by atoms with Crippen molar-refractivity contribution in [2.75, 3.05) is 5.32 Å². The maximum atomic E-state index is 13.4. The number of hydrogen-bond acceptors (Lipinski definition) is 4. The van der Waals surface area contributed by atoms with E-state index in [1.54, 1.807) is 19.3 Å². The minimum Gasteiger partial charge on any atom is -0.364 e. The Kier molecular flexibility index (Phi) is 6.35. The molecule has 0 bridgehead atoms. The number of primary amides is 1. The van der Waals surface area contributed by atoms with Crippen molar-refractivity contribution in [3.63, 3.8) is 0 Å². The number of pyridine rings is 1. The predicted molar refractivity (Wildman–Crippen MR) is 124 cm³/mol. The van der Waals surface area contributed by atoms with Crippen molar-refractivity contribution >= 4 is 17.5 Å². The van der Waals surface area contributed by atoms with Gasteiger partial charge in [-0.2, -0.15) is 5.10 Å². The third kappa shape index (κ3) is 4.56. The second-order valence-corrected chi connectivity index (χ2v) is 8.58. The first kappa shape index (κ1) is 21.7. The summed E-state index contributed by atoms with van der Waals surface area (Å²) in [6.07, 6.45) is 8.96. The standard InChI is InChI=1S/C25H29N5O2/c1-16-15-27-13-12-20(16)17-8-10-19(11-9-17)28-25(32)23(18-6-4-3-5-7-18)21-14-22(24(26)31)30(2)29-21/h8-15,18,23H,3-7H2,1-2H3,(H2,26,31)(H,28,32)/t23-/m0/s1. The van der Waals surface area contributed by atoms with Gasteiger partial charge in [-0.3, -0.25) is 19.3 Å². The van der Waals surface area contributed by atoms with Crippen LogP contribution in [-0.2, 0) is 11.8 Å². The minimum atomic E-state index is -0.545. The zero-order chi connectivity index (χ0) is 22.7. The fourth-order valence-electron chi connectivity index (χ4n) is 4.68. The molecule has 32 heavy (non-hydrogen) atoms. The highest BCUT2D eigenvalue weighted by molar-refractivity contribution is 5.97. The minimum absolute atomic E-state index is 0.0983. The second kappa shape index (κ2) is 9.34. The van der Waals surface area contributed by atoms with Gasteiger partial charge in [0.1, 0.15) is 5.69 Å². The van der Waals surface area contributed by atoms with E-state index >= 15 is 0 Å². The van der Waals surface area contributed by atoms with Crippen LogP contribution in [-0.4, -0.2) is 26.6 Å². The van der Waals surface area contributed by atoms with Gasteiger partial charge < -0.3 is 11.1 Å². The summed E-state index contributed by atoms with van der Waals surface area (Å²) in [5, 5.41) is 7.56. The van der Waals surface area contributed by atoms with Crippen LogP contribution in [0.3, 0.4) is 0 Å². The first-order valence-electron chi connectivity index (χ1n) is 11.1. The predicted octanol–water partition coefficient (Wildman–Crippen LogP) is 4.19. The van der Waals surface area contributed by atoms with Crippen molar-refractivity contribution in [2.45, 2.75) is 44.9 Å². The van der Waals surface area contributed by atoms with E-state index in [9.17, 15) is 9.59 Å². The van der Waals surface area contributed by atoms with Crippen molar-refractivity contribution in [3.05, 3.63) is 65.7 Å². The molecule has 0 saturated heterocycles. The molecule has 3 N–H and O–H groups in total. The summed E-state index contributed by atoms with van der Waals surface area (Å²) in [6.45, 7) is 2.03. The van der Waals surface area contributed by atoms with Gasteiger partial charge in [-0.1, -0.05) is 31.4 Å². The van der Waals surface area contributed by atoms with Gasteiger partial charge in [0.15, 0.2) is 0 Å². The molecular weight excluding hydrogens is 402 g/mol. The molecule has 1 fully saturated rings. The van der Waals surface area contributed by atoms with Crippen LogP contribution in [0.15, 0.2) is 48.8 Å². The number of aromatic nitrogens is 3. The number of anilines is 1. The molecular formula is C25H29N5O2. The van der Waals surface area contributed by atoms with Crippen LogP contribution in [0.1, 0.15) is 59.8 Å². The topological polar surface area (TPSA) is 103 Å². The lowest BCUT2D eigenvalue weighted by molar-refractivity contribution is -0.119. The van der Waals surface area contributed by atoms with E-state index in [0.717, 1.165) is 48.1 Å². The van der Waals surface area contributed by atoms with Crippen molar-refractivity contribution in [1.29, 1.82) is 0 Å². The number of nitrogens with two attached hydrogens (primary N) is 1. The Bertz CT molecular complexity index is 1110. The molecule has 1 atom stereocenters. The normalized spacial score (nSPS) is 15.3. The Morgan fingerprint density at radius 2 is 1.84 bits per heavy atom. The highest BCUT2D eigenvalue weighted by Gasteiger charge is 2.33. The third-order valence-corrected chi connectivity index (χ3v) is 6.36. The van der Waals surface area contributed by atoms with Gasteiger partial charge in [-0.15, -0.1) is 0 Å². The fourth-order valence-corrected chi connectivity index (χ4v) is 4.68. The summed E-state index contributed by atoms with van der Waals surface area (Å²) in [7, 11) is 1.68. The van der Waals surface area contributed by atoms with Crippen molar-refractivity contribution in [2.24, 2.45) is 18.7 Å². The van der Waals surface area contributed by atoms with E-state index in [0.29, 0.717) is 11.4 Å². The summed E-state index contributed by atoms with van der Waals surface area (Å²) >= 11 is 0. The van der Waals surface area contributed by atoms with E-state index < -0.39 is 11.8 Å². The molecule has 7 nitrogen and oxygen atoms in total. The number of nitrogens with zero attached hydrogens (tertiary/aromatic N) is 3. The van der Waals surface area contributed by atoms with Gasteiger partial charge in [0, 0.05) is 25.1 Å². The number of carbonyl (C=O) groups is 2.